The summed E-state index contributed by atoms with van der Waals surface area (Å²) in [7, 11) is 1.36. The Morgan fingerprint density at radius 1 is 1.53 bits per heavy atom. The zero-order valence-electron chi connectivity index (χ0n) is 10.0. The van der Waals surface area contributed by atoms with Gasteiger partial charge < -0.3 is 4.42 Å². The molecule has 0 atom stereocenters. The predicted octanol–water partition coefficient (Wildman–Crippen LogP) is 1.21. The Balaban J connectivity index is 1.94. The molecule has 2 aromatic rings. The molecule has 0 bridgehead atoms. The summed E-state index contributed by atoms with van der Waals surface area (Å²) in [6.45, 7) is 0. The first-order valence-corrected chi connectivity index (χ1v) is 6.18. The Labute approximate surface area is 112 Å². The molecule has 2 aromatic heterocycles. The maximum atomic E-state index is 11.7. The number of nitrogens with zero attached hydrogens (tertiary/aromatic N) is 1. The molecule has 0 unspecified atom stereocenters. The fourth-order valence-electron chi connectivity index (χ4n) is 1.33. The van der Waals surface area contributed by atoms with E-state index in [1.807, 2.05) is 0 Å². The van der Waals surface area contributed by atoms with Gasteiger partial charge in [-0.15, -0.1) is 11.3 Å². The molecule has 7 nitrogen and oxygen atoms in total. The average molecular weight is 281 g/mol. The zero-order valence-corrected chi connectivity index (χ0v) is 10.8. The minimum atomic E-state index is -0.382. The number of amides is 2. The Kier molecular flexibility index (Phi) is 4.26. The van der Waals surface area contributed by atoms with Gasteiger partial charge in [0.2, 0.25) is 5.91 Å². The van der Waals surface area contributed by atoms with Crippen LogP contribution in [0.1, 0.15) is 16.2 Å². The Morgan fingerprint density at radius 3 is 3.05 bits per heavy atom. The van der Waals surface area contributed by atoms with Crippen molar-refractivity contribution >= 4 is 28.3 Å². The second-order valence-electron chi connectivity index (χ2n) is 3.48. The summed E-state index contributed by atoms with van der Waals surface area (Å²) in [5.74, 6) is -0.488. The molecule has 0 radical (unpaired) electrons. The molecule has 2 heterocycles. The predicted molar refractivity (Wildman–Crippen MR) is 67.6 cm³/mol. The van der Waals surface area contributed by atoms with Gasteiger partial charge in [0.05, 0.1) is 25.5 Å². The molecule has 2 N–H and O–H groups in total. The van der Waals surface area contributed by atoms with E-state index in [4.69, 9.17) is 4.42 Å². The lowest BCUT2D eigenvalue weighted by atomic mass is 10.3. The molecule has 0 aliphatic heterocycles. The van der Waals surface area contributed by atoms with Gasteiger partial charge in [0, 0.05) is 5.38 Å². The van der Waals surface area contributed by atoms with Gasteiger partial charge in [0.1, 0.15) is 0 Å². The third kappa shape index (κ3) is 3.63. The van der Waals surface area contributed by atoms with Crippen molar-refractivity contribution in [2.45, 2.75) is 6.42 Å². The van der Waals surface area contributed by atoms with Crippen LogP contribution in [0.2, 0.25) is 0 Å². The van der Waals surface area contributed by atoms with E-state index >= 15 is 0 Å². The number of aromatic nitrogens is 1. The lowest BCUT2D eigenvalue weighted by Gasteiger charge is -1.99. The number of rotatable bonds is 5. The van der Waals surface area contributed by atoms with Crippen molar-refractivity contribution in [1.82, 2.24) is 10.5 Å². The topological polar surface area (TPSA) is 93.5 Å². The van der Waals surface area contributed by atoms with Gasteiger partial charge in [0.15, 0.2) is 10.9 Å². The molecule has 19 heavy (non-hydrogen) atoms. The van der Waals surface area contributed by atoms with E-state index in [1.165, 1.54) is 24.7 Å². The quantitative estimate of drug-likeness (QED) is 0.803. The molecule has 2 amide bonds. The van der Waals surface area contributed by atoms with Gasteiger partial charge in [-0.1, -0.05) is 0 Å². The van der Waals surface area contributed by atoms with Gasteiger partial charge in [-0.25, -0.2) is 10.5 Å². The summed E-state index contributed by atoms with van der Waals surface area (Å²) in [5.41, 5.74) is 2.74. The van der Waals surface area contributed by atoms with E-state index < -0.39 is 0 Å². The fraction of sp³-hybridized carbons (Fsp3) is 0.182. The number of hydrogen-bond acceptors (Lipinski definition) is 6. The van der Waals surface area contributed by atoms with E-state index in [9.17, 15) is 9.59 Å². The van der Waals surface area contributed by atoms with Gasteiger partial charge in [-0.05, 0) is 12.1 Å². The molecule has 100 valence electrons. The Hall–Kier alpha value is -2.19. The van der Waals surface area contributed by atoms with Gasteiger partial charge >= 0.3 is 0 Å². The SMILES string of the molecule is CONC(=O)Cc1csc(NC(=O)c2ccco2)n1. The van der Waals surface area contributed by atoms with Crippen LogP contribution in [0.15, 0.2) is 28.2 Å². The third-order valence-electron chi connectivity index (χ3n) is 2.07. The van der Waals surface area contributed by atoms with Crippen molar-refractivity contribution in [3.8, 4) is 0 Å². The van der Waals surface area contributed by atoms with Crippen molar-refractivity contribution < 1.29 is 18.8 Å². The smallest absolute Gasteiger partial charge is 0.293 e. The third-order valence-corrected chi connectivity index (χ3v) is 2.88. The first kappa shape index (κ1) is 13.2. The number of hydroxylamine groups is 1. The Morgan fingerprint density at radius 2 is 2.37 bits per heavy atom. The second-order valence-corrected chi connectivity index (χ2v) is 4.34. The number of nitrogens with one attached hydrogen (secondary N) is 2. The van der Waals surface area contributed by atoms with E-state index in [2.05, 4.69) is 20.6 Å². The highest BCUT2D eigenvalue weighted by atomic mass is 32.1. The average Bonchev–Trinajstić information content (AvgIpc) is 3.00. The van der Waals surface area contributed by atoms with Crippen molar-refractivity contribution in [1.29, 1.82) is 0 Å². The summed E-state index contributed by atoms with van der Waals surface area (Å²) >= 11 is 1.23. The minimum absolute atomic E-state index is 0.0843. The number of anilines is 1. The van der Waals surface area contributed by atoms with Crippen LogP contribution in [0.4, 0.5) is 5.13 Å². The molecule has 0 aromatic carbocycles. The van der Waals surface area contributed by atoms with Crippen molar-refractivity contribution in [3.05, 3.63) is 35.2 Å². The van der Waals surface area contributed by atoms with Crippen molar-refractivity contribution in [2.75, 3.05) is 12.4 Å². The highest BCUT2D eigenvalue weighted by Gasteiger charge is 2.12. The molecular weight excluding hydrogens is 270 g/mol. The van der Waals surface area contributed by atoms with Crippen LogP contribution in [-0.4, -0.2) is 23.9 Å². The number of thiazole rings is 1. The summed E-state index contributed by atoms with van der Waals surface area (Å²) in [6.07, 6.45) is 1.50. The first-order valence-electron chi connectivity index (χ1n) is 5.30. The molecule has 0 fully saturated rings. The summed E-state index contributed by atoms with van der Waals surface area (Å²) in [4.78, 5) is 31.5. The van der Waals surface area contributed by atoms with Gasteiger partial charge in [0.25, 0.3) is 5.91 Å². The van der Waals surface area contributed by atoms with Crippen LogP contribution in [0.3, 0.4) is 0 Å². The van der Waals surface area contributed by atoms with E-state index in [1.54, 1.807) is 17.5 Å². The highest BCUT2D eigenvalue weighted by Crippen LogP contribution is 2.17. The summed E-state index contributed by atoms with van der Waals surface area (Å²) in [5, 5.41) is 4.67. The lowest BCUT2D eigenvalue weighted by Crippen LogP contribution is -2.23. The van der Waals surface area contributed by atoms with Crippen LogP contribution < -0.4 is 10.8 Å². The molecule has 0 saturated carbocycles. The molecule has 0 aliphatic carbocycles. The number of hydrogen-bond donors (Lipinski definition) is 2. The van der Waals surface area contributed by atoms with E-state index in [-0.39, 0.29) is 24.0 Å². The fourth-order valence-corrected chi connectivity index (χ4v) is 2.03. The summed E-state index contributed by atoms with van der Waals surface area (Å²) < 4.78 is 4.95. The number of carbonyl (C=O) groups excluding carboxylic acids is 2. The highest BCUT2D eigenvalue weighted by molar-refractivity contribution is 7.14. The van der Waals surface area contributed by atoms with Crippen molar-refractivity contribution in [3.63, 3.8) is 0 Å². The van der Waals surface area contributed by atoms with E-state index in [0.29, 0.717) is 10.8 Å². The summed E-state index contributed by atoms with van der Waals surface area (Å²) in [6, 6.07) is 3.17. The van der Waals surface area contributed by atoms with Gasteiger partial charge in [-0.2, -0.15) is 0 Å². The number of carbonyl (C=O) groups is 2. The van der Waals surface area contributed by atoms with E-state index in [0.717, 1.165) is 0 Å². The molecule has 0 saturated heterocycles. The van der Waals surface area contributed by atoms with Crippen molar-refractivity contribution in [2.24, 2.45) is 0 Å². The van der Waals surface area contributed by atoms with Crippen LogP contribution >= 0.6 is 11.3 Å². The molecule has 0 aliphatic rings. The first-order chi connectivity index (χ1) is 9.19. The molecule has 0 spiro atoms. The largest absolute Gasteiger partial charge is 0.459 e. The van der Waals surface area contributed by atoms with Crippen LogP contribution in [0.5, 0.6) is 0 Å². The molecular formula is C11H11N3O4S. The Bertz CT molecular complexity index is 564. The standard InChI is InChI=1S/C11H11N3O4S/c1-17-14-9(15)5-7-6-19-11(12-7)13-10(16)8-3-2-4-18-8/h2-4,6H,5H2,1H3,(H,14,15)(H,12,13,16). The zero-order chi connectivity index (χ0) is 13.7. The maximum Gasteiger partial charge on any atom is 0.293 e. The lowest BCUT2D eigenvalue weighted by molar-refractivity contribution is -0.130. The van der Waals surface area contributed by atoms with Crippen LogP contribution in [0.25, 0.3) is 0 Å². The van der Waals surface area contributed by atoms with Crippen LogP contribution in [-0.2, 0) is 16.1 Å². The monoisotopic (exact) mass is 281 g/mol. The van der Waals surface area contributed by atoms with Crippen LogP contribution in [0, 0.1) is 0 Å². The molecule has 2 rings (SSSR count). The number of furan rings is 1. The van der Waals surface area contributed by atoms with Gasteiger partial charge in [-0.3, -0.25) is 19.7 Å². The molecule has 8 heteroatoms. The second kappa shape index (κ2) is 6.12. The maximum absolute atomic E-state index is 11.7. The minimum Gasteiger partial charge on any atom is -0.459 e. The normalized spacial score (nSPS) is 10.2.